The molecule has 19 heavy (non-hydrogen) atoms. The van der Waals surface area contributed by atoms with E-state index in [1.807, 2.05) is 19.1 Å². The molecule has 4 nitrogen and oxygen atoms in total. The van der Waals surface area contributed by atoms with Gasteiger partial charge >= 0.3 is 0 Å². The quantitative estimate of drug-likeness (QED) is 0.855. The lowest BCUT2D eigenvalue weighted by atomic mass is 10.2. The number of furan rings is 1. The zero-order valence-electron chi connectivity index (χ0n) is 12.3. The van der Waals surface area contributed by atoms with Gasteiger partial charge in [0, 0.05) is 26.2 Å². The first kappa shape index (κ1) is 14.6. The van der Waals surface area contributed by atoms with Crippen LogP contribution in [0, 0.1) is 12.8 Å². The number of hydrogen-bond donors (Lipinski definition) is 1. The van der Waals surface area contributed by atoms with Crippen molar-refractivity contribution in [1.82, 2.24) is 10.2 Å². The molecule has 0 bridgehead atoms. The van der Waals surface area contributed by atoms with E-state index in [-0.39, 0.29) is 0 Å². The predicted molar refractivity (Wildman–Crippen MR) is 76.2 cm³/mol. The average molecular weight is 266 g/mol. The summed E-state index contributed by atoms with van der Waals surface area (Å²) in [5.74, 6) is 2.68. The molecule has 2 rings (SSSR count). The van der Waals surface area contributed by atoms with E-state index in [2.05, 4.69) is 24.1 Å². The van der Waals surface area contributed by atoms with Gasteiger partial charge < -0.3 is 14.5 Å². The fourth-order valence-electron chi connectivity index (χ4n) is 2.52. The minimum Gasteiger partial charge on any atom is -0.465 e. The van der Waals surface area contributed by atoms with Gasteiger partial charge in [-0.25, -0.2) is 0 Å². The van der Waals surface area contributed by atoms with Gasteiger partial charge in [-0.2, -0.15) is 0 Å². The molecule has 0 aliphatic carbocycles. The summed E-state index contributed by atoms with van der Waals surface area (Å²) in [4.78, 5) is 2.50. The number of nitrogens with zero attached hydrogens (tertiary/aromatic N) is 1. The highest BCUT2D eigenvalue weighted by Crippen LogP contribution is 2.08. The summed E-state index contributed by atoms with van der Waals surface area (Å²) in [6.07, 6.45) is 0.295. The Morgan fingerprint density at radius 3 is 2.95 bits per heavy atom. The van der Waals surface area contributed by atoms with Gasteiger partial charge in [0.25, 0.3) is 0 Å². The Hall–Kier alpha value is -0.840. The van der Waals surface area contributed by atoms with Crippen molar-refractivity contribution in [3.8, 4) is 0 Å². The number of rotatable bonds is 6. The maximum Gasteiger partial charge on any atom is 0.117 e. The van der Waals surface area contributed by atoms with E-state index < -0.39 is 0 Å². The summed E-state index contributed by atoms with van der Waals surface area (Å²) in [5, 5.41) is 3.41. The lowest BCUT2D eigenvalue weighted by Gasteiger charge is -2.34. The van der Waals surface area contributed by atoms with Crippen LogP contribution in [0.4, 0.5) is 0 Å². The third-order valence-corrected chi connectivity index (χ3v) is 3.31. The summed E-state index contributed by atoms with van der Waals surface area (Å²) in [5.41, 5.74) is 0. The second-order valence-electron chi connectivity index (χ2n) is 5.79. The number of hydrogen-bond acceptors (Lipinski definition) is 4. The van der Waals surface area contributed by atoms with Crippen molar-refractivity contribution in [3.05, 3.63) is 23.7 Å². The van der Waals surface area contributed by atoms with Crippen molar-refractivity contribution < 1.29 is 9.15 Å². The predicted octanol–water partition coefficient (Wildman–Crippen LogP) is 2.03. The Balaban J connectivity index is 1.67. The Morgan fingerprint density at radius 1 is 1.42 bits per heavy atom. The topological polar surface area (TPSA) is 37.6 Å². The Labute approximate surface area is 116 Å². The molecule has 1 aromatic heterocycles. The van der Waals surface area contributed by atoms with Crippen LogP contribution in [0.1, 0.15) is 25.4 Å². The van der Waals surface area contributed by atoms with Crippen molar-refractivity contribution in [2.45, 2.75) is 33.4 Å². The van der Waals surface area contributed by atoms with Crippen molar-refractivity contribution >= 4 is 0 Å². The van der Waals surface area contributed by atoms with E-state index >= 15 is 0 Å². The minimum absolute atomic E-state index is 0.295. The van der Waals surface area contributed by atoms with Crippen LogP contribution in [0.25, 0.3) is 0 Å². The lowest BCUT2D eigenvalue weighted by Crippen LogP contribution is -2.47. The monoisotopic (exact) mass is 266 g/mol. The van der Waals surface area contributed by atoms with Crippen LogP contribution in [0.5, 0.6) is 0 Å². The van der Waals surface area contributed by atoms with Crippen molar-refractivity contribution in [2.24, 2.45) is 5.92 Å². The minimum atomic E-state index is 0.295. The van der Waals surface area contributed by atoms with E-state index in [1.54, 1.807) is 0 Å². The third-order valence-electron chi connectivity index (χ3n) is 3.31. The highest BCUT2D eigenvalue weighted by molar-refractivity contribution is 5.05. The zero-order valence-corrected chi connectivity index (χ0v) is 12.3. The fraction of sp³-hybridized carbons (Fsp3) is 0.733. The van der Waals surface area contributed by atoms with Crippen molar-refractivity contribution in [3.63, 3.8) is 0 Å². The number of morpholine rings is 1. The van der Waals surface area contributed by atoms with Crippen molar-refractivity contribution in [2.75, 3.05) is 32.8 Å². The summed E-state index contributed by atoms with van der Waals surface area (Å²) in [6.45, 7) is 12.3. The lowest BCUT2D eigenvalue weighted by molar-refractivity contribution is -0.0304. The average Bonchev–Trinajstić information content (AvgIpc) is 2.75. The number of nitrogens with one attached hydrogen (secondary N) is 1. The molecule has 1 aromatic rings. The molecule has 108 valence electrons. The smallest absolute Gasteiger partial charge is 0.117 e. The van der Waals surface area contributed by atoms with Gasteiger partial charge in [-0.15, -0.1) is 0 Å². The van der Waals surface area contributed by atoms with Crippen LogP contribution in [0.3, 0.4) is 0 Å². The molecule has 1 fully saturated rings. The Kier molecular flexibility index (Phi) is 5.43. The molecule has 1 atom stereocenters. The first-order chi connectivity index (χ1) is 9.13. The second kappa shape index (κ2) is 7.08. The normalized spacial score (nSPS) is 21.2. The van der Waals surface area contributed by atoms with E-state index in [4.69, 9.17) is 9.15 Å². The van der Waals surface area contributed by atoms with Crippen LogP contribution >= 0.6 is 0 Å². The van der Waals surface area contributed by atoms with Crippen LogP contribution < -0.4 is 5.32 Å². The summed E-state index contributed by atoms with van der Waals surface area (Å²) in [7, 11) is 0. The van der Waals surface area contributed by atoms with Crippen LogP contribution in [0.2, 0.25) is 0 Å². The maximum atomic E-state index is 5.80. The van der Waals surface area contributed by atoms with Crippen molar-refractivity contribution in [1.29, 1.82) is 0 Å². The summed E-state index contributed by atoms with van der Waals surface area (Å²) in [6, 6.07) is 4.02. The highest BCUT2D eigenvalue weighted by atomic mass is 16.5. The second-order valence-corrected chi connectivity index (χ2v) is 5.79. The molecule has 1 aliphatic heterocycles. The molecule has 1 aliphatic rings. The van der Waals surface area contributed by atoms with Crippen LogP contribution in [-0.2, 0) is 11.3 Å². The molecule has 0 saturated carbocycles. The van der Waals surface area contributed by atoms with E-state index in [9.17, 15) is 0 Å². The van der Waals surface area contributed by atoms with Crippen LogP contribution in [-0.4, -0.2) is 43.8 Å². The molecule has 1 unspecified atom stereocenters. The van der Waals surface area contributed by atoms with Gasteiger partial charge in [0.2, 0.25) is 0 Å². The maximum absolute atomic E-state index is 5.80. The third kappa shape index (κ3) is 4.97. The molecule has 0 radical (unpaired) electrons. The number of ether oxygens (including phenoxy) is 1. The SMILES string of the molecule is Cc1ccc(CNCC2CN(CC(C)C)CCO2)o1. The molecule has 4 heteroatoms. The molecular formula is C15H26N2O2. The molecular weight excluding hydrogens is 240 g/mol. The van der Waals surface area contributed by atoms with Gasteiger partial charge in [-0.1, -0.05) is 13.8 Å². The van der Waals surface area contributed by atoms with Crippen LogP contribution in [0.15, 0.2) is 16.5 Å². The first-order valence-corrected chi connectivity index (χ1v) is 7.23. The zero-order chi connectivity index (χ0) is 13.7. The summed E-state index contributed by atoms with van der Waals surface area (Å²) >= 11 is 0. The van der Waals surface area contributed by atoms with E-state index in [0.29, 0.717) is 6.10 Å². The molecule has 1 saturated heterocycles. The molecule has 0 aromatic carbocycles. The summed E-state index contributed by atoms with van der Waals surface area (Å²) < 4.78 is 11.3. The van der Waals surface area contributed by atoms with Gasteiger partial charge in [-0.05, 0) is 25.0 Å². The van der Waals surface area contributed by atoms with Gasteiger partial charge in [0.15, 0.2) is 0 Å². The highest BCUT2D eigenvalue weighted by Gasteiger charge is 2.20. The Morgan fingerprint density at radius 2 is 2.26 bits per heavy atom. The largest absolute Gasteiger partial charge is 0.465 e. The molecule has 0 spiro atoms. The van der Waals surface area contributed by atoms with E-state index in [0.717, 1.165) is 56.8 Å². The first-order valence-electron chi connectivity index (χ1n) is 7.23. The Bertz CT molecular complexity index is 376. The number of aryl methyl sites for hydroxylation is 1. The molecule has 1 N–H and O–H groups in total. The van der Waals surface area contributed by atoms with Gasteiger partial charge in [0.1, 0.15) is 11.5 Å². The van der Waals surface area contributed by atoms with Gasteiger partial charge in [0.05, 0.1) is 19.3 Å². The molecule has 0 amide bonds. The fourth-order valence-corrected chi connectivity index (χ4v) is 2.52. The van der Waals surface area contributed by atoms with E-state index in [1.165, 1.54) is 0 Å². The van der Waals surface area contributed by atoms with Gasteiger partial charge in [-0.3, -0.25) is 4.90 Å². The standard InChI is InChI=1S/C15H26N2O2/c1-12(2)10-17-6-7-18-15(11-17)9-16-8-14-5-4-13(3)19-14/h4-5,12,15-16H,6-11H2,1-3H3. The molecule has 2 heterocycles.